The number of carboxylic acid groups (broad SMARTS) is 1. The van der Waals surface area contributed by atoms with E-state index in [1.165, 1.54) is 0 Å². The fraction of sp³-hybridized carbons (Fsp3) is 0.657. The number of hydrogen-bond acceptors (Lipinski definition) is 8. The predicted molar refractivity (Wildman–Crippen MR) is 191 cm³/mol. The second-order valence-electron chi connectivity index (χ2n) is 13.7. The molecule has 0 bridgehead atoms. The summed E-state index contributed by atoms with van der Waals surface area (Å²) in [4.78, 5) is 65.2. The highest BCUT2D eigenvalue weighted by molar-refractivity contribution is 5.91. The number of carbonyl (C=O) groups excluding carboxylic acids is 4. The van der Waals surface area contributed by atoms with Crippen molar-refractivity contribution in [2.24, 2.45) is 28.3 Å². The van der Waals surface area contributed by atoms with Crippen molar-refractivity contribution < 1.29 is 52.1 Å². The van der Waals surface area contributed by atoms with Crippen LogP contribution in [0.3, 0.4) is 0 Å². The molecule has 18 heteroatoms. The highest BCUT2D eigenvalue weighted by Crippen LogP contribution is 2.18. The lowest BCUT2D eigenvalue weighted by atomic mass is 9.94. The number of aliphatic imine (C=N–C) groups is 1. The number of carbonyl (C=O) groups is 5. The van der Waals surface area contributed by atoms with Gasteiger partial charge in [-0.3, -0.25) is 19.4 Å². The molecule has 53 heavy (non-hydrogen) atoms. The number of aliphatic hydroxyl groups excluding tert-OH is 1. The number of rotatable bonds is 18. The molecule has 0 aromatic heterocycles. The smallest absolute Gasteiger partial charge is 0.475 e. The lowest BCUT2D eigenvalue weighted by molar-refractivity contribution is -0.192. The number of ether oxygens (including phenoxy) is 1. The van der Waals surface area contributed by atoms with Gasteiger partial charge in [0.2, 0.25) is 17.7 Å². The Labute approximate surface area is 308 Å². The first kappa shape index (κ1) is 46.4. The Bertz CT molecular complexity index is 1320. The maximum atomic E-state index is 13.6. The minimum absolute atomic E-state index is 0.0181. The van der Waals surface area contributed by atoms with E-state index in [2.05, 4.69) is 26.3 Å². The number of alkyl carbamates (subject to hydrolysis) is 1. The zero-order valence-electron chi connectivity index (χ0n) is 30.8. The van der Waals surface area contributed by atoms with Gasteiger partial charge in [-0.05, 0) is 49.5 Å². The van der Waals surface area contributed by atoms with Crippen molar-refractivity contribution in [2.75, 3.05) is 6.54 Å². The molecule has 2 rings (SSSR count). The number of nitrogens with one attached hydrogen (secondary N) is 4. The monoisotopic (exact) mass is 759 g/mol. The number of nitrogens with two attached hydrogens (primary N) is 2. The Morgan fingerprint density at radius 1 is 0.943 bits per heavy atom. The molecule has 0 spiro atoms. The topological polar surface area (TPSA) is 248 Å². The van der Waals surface area contributed by atoms with Crippen LogP contribution in [0.1, 0.15) is 91.0 Å². The van der Waals surface area contributed by atoms with Crippen molar-refractivity contribution in [3.05, 3.63) is 35.9 Å². The number of halogens is 3. The largest absolute Gasteiger partial charge is 0.490 e. The second-order valence-corrected chi connectivity index (χ2v) is 13.7. The molecule has 1 aliphatic carbocycles. The number of hydrogen-bond donors (Lipinski definition) is 8. The third kappa shape index (κ3) is 20.3. The molecule has 1 aromatic carbocycles. The zero-order valence-corrected chi connectivity index (χ0v) is 30.8. The van der Waals surface area contributed by atoms with Gasteiger partial charge in [0.15, 0.2) is 5.96 Å². The molecular weight excluding hydrogens is 703 g/mol. The van der Waals surface area contributed by atoms with E-state index < -0.39 is 54.3 Å². The molecular formula is C35H56F3N7O8. The molecule has 4 atom stereocenters. The molecule has 0 heterocycles. The fourth-order valence-corrected chi connectivity index (χ4v) is 5.43. The summed E-state index contributed by atoms with van der Waals surface area (Å²) in [5.74, 6) is -4.37. The van der Waals surface area contributed by atoms with Gasteiger partial charge in [-0.25, -0.2) is 9.59 Å². The van der Waals surface area contributed by atoms with Crippen molar-refractivity contribution in [2.45, 2.75) is 129 Å². The quantitative estimate of drug-likeness (QED) is 0.0618. The Balaban J connectivity index is 0.00000181. The molecule has 0 unspecified atom stereocenters. The molecule has 1 saturated carbocycles. The molecule has 15 nitrogen and oxygen atoms in total. The molecule has 4 amide bonds. The summed E-state index contributed by atoms with van der Waals surface area (Å²) in [6.07, 6.45) is -0.961. The molecule has 1 aromatic rings. The van der Waals surface area contributed by atoms with Gasteiger partial charge in [-0.15, -0.1) is 0 Å². The van der Waals surface area contributed by atoms with E-state index in [-0.39, 0.29) is 55.7 Å². The molecule has 1 fully saturated rings. The van der Waals surface area contributed by atoms with E-state index in [1.54, 1.807) is 13.8 Å². The summed E-state index contributed by atoms with van der Waals surface area (Å²) >= 11 is 0. The number of aliphatic carboxylic acids is 1. The van der Waals surface area contributed by atoms with E-state index in [0.29, 0.717) is 12.8 Å². The highest BCUT2D eigenvalue weighted by Gasteiger charge is 2.38. The van der Waals surface area contributed by atoms with E-state index >= 15 is 0 Å². The lowest BCUT2D eigenvalue weighted by Gasteiger charge is -2.30. The first-order chi connectivity index (χ1) is 24.8. The molecule has 1 aliphatic rings. The van der Waals surface area contributed by atoms with Gasteiger partial charge in [0.1, 0.15) is 18.7 Å². The number of alkyl halides is 3. The second kappa shape index (κ2) is 23.9. The van der Waals surface area contributed by atoms with E-state index in [0.717, 1.165) is 37.7 Å². The van der Waals surface area contributed by atoms with Crippen LogP contribution in [0.15, 0.2) is 35.3 Å². The standard InChI is InChI=1S/C33H55N7O6.C2HF3O2/c1-21(2)18-26(27(41)19-28(42)37-24-14-9-6-10-15-24)38-31(44)29(22(3)4)40-30(43)25(16-11-17-36-32(34)35)39-33(45)46-20-23-12-7-5-8-13-23;3-2(4,5)1(6)7/h5,7-8,12-13,21-22,24-27,29,41H,6,9-11,14-20H2,1-4H3,(H,37,42)(H,38,44)(H,39,45)(H,40,43)(H4,34,35,36);(H,6,7)/t25-,26-,27-,29-;/m0./s1. The molecule has 300 valence electrons. The lowest BCUT2D eigenvalue weighted by Crippen LogP contribution is -2.58. The Kier molecular flexibility index (Phi) is 20.9. The number of aliphatic hydroxyl groups is 1. The molecule has 10 N–H and O–H groups in total. The van der Waals surface area contributed by atoms with Crippen LogP contribution in [0.2, 0.25) is 0 Å². The van der Waals surface area contributed by atoms with Gasteiger partial charge in [-0.1, -0.05) is 77.3 Å². The Morgan fingerprint density at radius 3 is 2.08 bits per heavy atom. The van der Waals surface area contributed by atoms with Crippen molar-refractivity contribution in [1.82, 2.24) is 21.3 Å². The summed E-state index contributed by atoms with van der Waals surface area (Å²) in [7, 11) is 0. The first-order valence-electron chi connectivity index (χ1n) is 17.7. The van der Waals surface area contributed by atoms with Gasteiger partial charge in [0.25, 0.3) is 0 Å². The summed E-state index contributed by atoms with van der Waals surface area (Å²) in [5, 5.41) is 29.4. The average Bonchev–Trinajstić information content (AvgIpc) is 3.07. The summed E-state index contributed by atoms with van der Waals surface area (Å²) in [6, 6.07) is 6.52. The minimum atomic E-state index is -5.08. The molecule has 0 radical (unpaired) electrons. The normalized spacial score (nSPS) is 15.4. The van der Waals surface area contributed by atoms with Crippen LogP contribution in [0.4, 0.5) is 18.0 Å². The van der Waals surface area contributed by atoms with Gasteiger partial charge < -0.3 is 47.7 Å². The number of nitrogens with zero attached hydrogens (tertiary/aromatic N) is 1. The molecule has 0 saturated heterocycles. The maximum Gasteiger partial charge on any atom is 0.490 e. The van der Waals surface area contributed by atoms with Crippen LogP contribution in [0.5, 0.6) is 0 Å². The fourth-order valence-electron chi connectivity index (χ4n) is 5.43. The first-order valence-corrected chi connectivity index (χ1v) is 17.7. The van der Waals surface area contributed by atoms with Gasteiger partial charge in [-0.2, -0.15) is 13.2 Å². The van der Waals surface area contributed by atoms with Crippen molar-refractivity contribution in [1.29, 1.82) is 0 Å². The summed E-state index contributed by atoms with van der Waals surface area (Å²) < 4.78 is 37.0. The van der Waals surface area contributed by atoms with Gasteiger partial charge in [0, 0.05) is 12.6 Å². The van der Waals surface area contributed by atoms with Crippen molar-refractivity contribution in [3.63, 3.8) is 0 Å². The number of carboxylic acids is 1. The van der Waals surface area contributed by atoms with Crippen LogP contribution >= 0.6 is 0 Å². The van der Waals surface area contributed by atoms with Gasteiger partial charge in [0.05, 0.1) is 18.6 Å². The molecule has 0 aliphatic heterocycles. The van der Waals surface area contributed by atoms with Crippen LogP contribution < -0.4 is 32.7 Å². The third-order valence-corrected chi connectivity index (χ3v) is 8.14. The van der Waals surface area contributed by atoms with E-state index in [9.17, 15) is 37.5 Å². The van der Waals surface area contributed by atoms with Gasteiger partial charge >= 0.3 is 18.2 Å². The highest BCUT2D eigenvalue weighted by atomic mass is 19.4. The van der Waals surface area contributed by atoms with E-state index in [1.807, 2.05) is 44.2 Å². The number of amides is 4. The average molecular weight is 760 g/mol. The predicted octanol–water partition coefficient (Wildman–Crippen LogP) is 2.84. The summed E-state index contributed by atoms with van der Waals surface area (Å²) in [5.41, 5.74) is 11.6. The van der Waals surface area contributed by atoms with Crippen LogP contribution in [0.25, 0.3) is 0 Å². The van der Waals surface area contributed by atoms with Crippen LogP contribution in [-0.2, 0) is 30.5 Å². The SMILES string of the molecule is CC(C)C[C@H](NC(=O)[C@@H](NC(=O)[C@H](CCCN=C(N)N)NC(=O)OCc1ccccc1)C(C)C)[C@@H](O)CC(=O)NC1CCCCC1.O=C(O)C(F)(F)F. The Hall–Kier alpha value is -4.61. The van der Waals surface area contributed by atoms with Crippen LogP contribution in [-0.4, -0.2) is 88.9 Å². The van der Waals surface area contributed by atoms with Crippen molar-refractivity contribution >= 4 is 35.7 Å². The number of benzene rings is 1. The third-order valence-electron chi connectivity index (χ3n) is 8.14. The zero-order chi connectivity index (χ0) is 40.1. The Morgan fingerprint density at radius 2 is 1.55 bits per heavy atom. The van der Waals surface area contributed by atoms with E-state index in [4.69, 9.17) is 26.1 Å². The summed E-state index contributed by atoms with van der Waals surface area (Å²) in [6.45, 7) is 7.75. The number of guanidine groups is 1. The minimum Gasteiger partial charge on any atom is -0.475 e. The van der Waals surface area contributed by atoms with Crippen molar-refractivity contribution in [3.8, 4) is 0 Å². The maximum absolute atomic E-state index is 13.6. The van der Waals surface area contributed by atoms with Crippen LogP contribution in [0, 0.1) is 11.8 Å².